The highest BCUT2D eigenvalue weighted by Gasteiger charge is 2.27. The normalized spacial score (nSPS) is 19.8. The molecule has 8 heteroatoms. The number of carbonyl (C=O) groups is 1. The molecule has 0 saturated carbocycles. The number of carbonyl (C=O) groups excluding carboxylic acids is 1. The number of rotatable bonds is 7. The molecule has 1 saturated heterocycles. The average molecular weight is 321 g/mol. The Morgan fingerprint density at radius 1 is 1.43 bits per heavy atom. The lowest BCUT2D eigenvalue weighted by Crippen LogP contribution is -2.50. The van der Waals surface area contributed by atoms with E-state index in [1.165, 1.54) is 4.31 Å². The fourth-order valence-corrected chi connectivity index (χ4v) is 3.48. The molecule has 0 spiro atoms. The Morgan fingerprint density at radius 2 is 2.14 bits per heavy atom. The van der Waals surface area contributed by atoms with Gasteiger partial charge in [-0.1, -0.05) is 13.3 Å². The van der Waals surface area contributed by atoms with Crippen molar-refractivity contribution in [1.29, 1.82) is 0 Å². The van der Waals surface area contributed by atoms with Gasteiger partial charge in [0.15, 0.2) is 0 Å². The molecule has 1 amide bonds. The van der Waals surface area contributed by atoms with E-state index in [1.807, 2.05) is 11.6 Å². The maximum Gasteiger partial charge on any atom is 0.422 e. The van der Waals surface area contributed by atoms with Gasteiger partial charge in [0.05, 0.1) is 6.10 Å². The lowest BCUT2D eigenvalue weighted by atomic mass is 10.1. The van der Waals surface area contributed by atoms with Crippen LogP contribution < -0.4 is 10.0 Å². The van der Waals surface area contributed by atoms with Crippen LogP contribution in [0.1, 0.15) is 46.5 Å². The molecule has 124 valence electrons. The molecule has 0 bridgehead atoms. The van der Waals surface area contributed by atoms with Crippen molar-refractivity contribution in [3.05, 3.63) is 0 Å². The summed E-state index contributed by atoms with van der Waals surface area (Å²) in [6.45, 7) is 6.90. The number of amides is 1. The summed E-state index contributed by atoms with van der Waals surface area (Å²) in [5.74, 6) is 0. The van der Waals surface area contributed by atoms with Gasteiger partial charge in [-0.2, -0.15) is 12.7 Å². The van der Waals surface area contributed by atoms with Crippen molar-refractivity contribution in [2.45, 2.75) is 58.6 Å². The lowest BCUT2D eigenvalue weighted by Gasteiger charge is -2.29. The van der Waals surface area contributed by atoms with Gasteiger partial charge in [-0.05, 0) is 39.7 Å². The van der Waals surface area contributed by atoms with E-state index in [2.05, 4.69) is 5.32 Å². The molecule has 1 heterocycles. The molecule has 0 radical (unpaired) electrons. The minimum Gasteiger partial charge on any atom is -0.446 e. The molecule has 1 unspecified atom stereocenters. The second-order valence-corrected chi connectivity index (χ2v) is 7.24. The molecule has 21 heavy (non-hydrogen) atoms. The van der Waals surface area contributed by atoms with Crippen molar-refractivity contribution in [3.63, 3.8) is 0 Å². The highest BCUT2D eigenvalue weighted by Crippen LogP contribution is 2.11. The average Bonchev–Trinajstić information content (AvgIpc) is 2.37. The predicted molar refractivity (Wildman–Crippen MR) is 81.2 cm³/mol. The van der Waals surface area contributed by atoms with Crippen molar-refractivity contribution in [3.8, 4) is 0 Å². The lowest BCUT2D eigenvalue weighted by molar-refractivity contribution is 0.121. The Morgan fingerprint density at radius 3 is 2.67 bits per heavy atom. The minimum atomic E-state index is -3.86. The number of ether oxygens (including phenoxy) is 1. The van der Waals surface area contributed by atoms with Gasteiger partial charge in [-0.3, -0.25) is 0 Å². The Labute approximate surface area is 127 Å². The molecule has 0 aliphatic carbocycles. The van der Waals surface area contributed by atoms with Crippen LogP contribution in [-0.4, -0.2) is 50.6 Å². The first-order valence-corrected chi connectivity index (χ1v) is 9.01. The van der Waals surface area contributed by atoms with E-state index < -0.39 is 16.3 Å². The maximum absolute atomic E-state index is 12.3. The Kier molecular flexibility index (Phi) is 7.41. The topological polar surface area (TPSA) is 87.7 Å². The third kappa shape index (κ3) is 6.62. The molecule has 1 aliphatic heterocycles. The van der Waals surface area contributed by atoms with Gasteiger partial charge in [0, 0.05) is 19.1 Å². The van der Waals surface area contributed by atoms with Crippen LogP contribution in [-0.2, 0) is 14.9 Å². The fraction of sp³-hybridized carbons (Fsp3) is 0.923. The van der Waals surface area contributed by atoms with Crippen LogP contribution in [0, 0.1) is 0 Å². The molecule has 1 atom stereocenters. The summed E-state index contributed by atoms with van der Waals surface area (Å²) in [6.07, 6.45) is 2.57. The van der Waals surface area contributed by atoms with E-state index in [-0.39, 0.29) is 12.1 Å². The SMILES string of the molecule is CCCN(CC1CCCCN1)S(=O)(=O)NC(=O)OC(C)C. The Bertz CT molecular complexity index is 419. The zero-order valence-electron chi connectivity index (χ0n) is 13.1. The van der Waals surface area contributed by atoms with E-state index in [9.17, 15) is 13.2 Å². The van der Waals surface area contributed by atoms with Gasteiger partial charge >= 0.3 is 16.3 Å². The fourth-order valence-electron chi connectivity index (χ4n) is 2.29. The van der Waals surface area contributed by atoms with E-state index in [4.69, 9.17) is 4.74 Å². The van der Waals surface area contributed by atoms with Crippen molar-refractivity contribution in [1.82, 2.24) is 14.3 Å². The molecule has 2 N–H and O–H groups in total. The molecule has 1 fully saturated rings. The van der Waals surface area contributed by atoms with Crippen molar-refractivity contribution >= 4 is 16.3 Å². The third-order valence-corrected chi connectivity index (χ3v) is 4.64. The molecule has 0 aromatic rings. The smallest absolute Gasteiger partial charge is 0.422 e. The number of nitrogens with one attached hydrogen (secondary N) is 2. The van der Waals surface area contributed by atoms with E-state index in [0.717, 1.165) is 25.8 Å². The van der Waals surface area contributed by atoms with Crippen LogP contribution in [0.15, 0.2) is 0 Å². The molecular formula is C13H27N3O4S. The first kappa shape index (κ1) is 18.2. The summed E-state index contributed by atoms with van der Waals surface area (Å²) in [4.78, 5) is 11.5. The summed E-state index contributed by atoms with van der Waals surface area (Å²) in [6, 6.07) is 0.142. The van der Waals surface area contributed by atoms with Crippen molar-refractivity contribution in [2.75, 3.05) is 19.6 Å². The van der Waals surface area contributed by atoms with Crippen LogP contribution in [0.4, 0.5) is 4.79 Å². The highest BCUT2D eigenvalue weighted by molar-refractivity contribution is 7.87. The summed E-state index contributed by atoms with van der Waals surface area (Å²) in [5, 5.41) is 3.32. The van der Waals surface area contributed by atoms with Crippen molar-refractivity contribution < 1.29 is 17.9 Å². The summed E-state index contributed by atoms with van der Waals surface area (Å²) >= 11 is 0. The van der Waals surface area contributed by atoms with Crippen LogP contribution in [0.25, 0.3) is 0 Å². The maximum atomic E-state index is 12.3. The van der Waals surface area contributed by atoms with Gasteiger partial charge in [0.1, 0.15) is 0 Å². The number of hydrogen-bond donors (Lipinski definition) is 2. The van der Waals surface area contributed by atoms with Gasteiger partial charge < -0.3 is 10.1 Å². The van der Waals surface area contributed by atoms with Crippen LogP contribution in [0.3, 0.4) is 0 Å². The summed E-state index contributed by atoms with van der Waals surface area (Å²) in [7, 11) is -3.86. The van der Waals surface area contributed by atoms with Gasteiger partial charge in [0.2, 0.25) is 0 Å². The number of piperidine rings is 1. The van der Waals surface area contributed by atoms with Crippen LogP contribution in [0.5, 0.6) is 0 Å². The number of hydrogen-bond acceptors (Lipinski definition) is 5. The zero-order valence-corrected chi connectivity index (χ0v) is 13.9. The number of nitrogens with zero attached hydrogens (tertiary/aromatic N) is 1. The summed E-state index contributed by atoms with van der Waals surface area (Å²) < 4.78 is 32.7. The minimum absolute atomic E-state index is 0.142. The monoisotopic (exact) mass is 321 g/mol. The summed E-state index contributed by atoms with van der Waals surface area (Å²) in [5.41, 5.74) is 0. The molecular weight excluding hydrogens is 294 g/mol. The van der Waals surface area contributed by atoms with Gasteiger partial charge in [-0.15, -0.1) is 0 Å². The predicted octanol–water partition coefficient (Wildman–Crippen LogP) is 1.22. The Hall–Kier alpha value is -0.860. The largest absolute Gasteiger partial charge is 0.446 e. The standard InChI is InChI=1S/C13H27N3O4S/c1-4-9-16(10-12-7-5-6-8-14-12)21(18,19)15-13(17)20-11(2)3/h11-12,14H,4-10H2,1-3H3,(H,15,17). The quantitative estimate of drug-likeness (QED) is 0.736. The van der Waals surface area contributed by atoms with Gasteiger partial charge in [-0.25, -0.2) is 9.52 Å². The Balaban J connectivity index is 2.65. The van der Waals surface area contributed by atoms with Crippen LogP contribution >= 0.6 is 0 Å². The van der Waals surface area contributed by atoms with E-state index in [1.54, 1.807) is 13.8 Å². The molecule has 1 aliphatic rings. The second kappa shape index (κ2) is 8.55. The van der Waals surface area contributed by atoms with E-state index >= 15 is 0 Å². The molecule has 0 aromatic carbocycles. The molecule has 0 aromatic heterocycles. The zero-order chi connectivity index (χ0) is 15.9. The van der Waals surface area contributed by atoms with E-state index in [0.29, 0.717) is 19.5 Å². The molecule has 1 rings (SSSR count). The molecule has 7 nitrogen and oxygen atoms in total. The third-order valence-electron chi connectivity index (χ3n) is 3.20. The van der Waals surface area contributed by atoms with Crippen LogP contribution in [0.2, 0.25) is 0 Å². The van der Waals surface area contributed by atoms with Crippen molar-refractivity contribution in [2.24, 2.45) is 0 Å². The first-order valence-electron chi connectivity index (χ1n) is 7.57. The first-order chi connectivity index (χ1) is 9.85. The van der Waals surface area contributed by atoms with Gasteiger partial charge in [0.25, 0.3) is 0 Å². The highest BCUT2D eigenvalue weighted by atomic mass is 32.2. The second-order valence-electron chi connectivity index (χ2n) is 5.57.